The molecule has 8 heteroatoms. The minimum atomic E-state index is -4.20. The van der Waals surface area contributed by atoms with Crippen molar-refractivity contribution < 1.29 is 17.2 Å². The van der Waals surface area contributed by atoms with Crippen LogP contribution in [0.5, 0.6) is 0 Å². The SMILES string of the molecule is Nc1cc(S(N)(=O)=O)c(C(F)F)cn1. The third-order valence-electron chi connectivity index (χ3n) is 1.46. The lowest BCUT2D eigenvalue weighted by atomic mass is 10.3. The van der Waals surface area contributed by atoms with Gasteiger partial charge < -0.3 is 5.73 Å². The van der Waals surface area contributed by atoms with E-state index >= 15 is 0 Å². The van der Waals surface area contributed by atoms with Crippen LogP contribution >= 0.6 is 0 Å². The van der Waals surface area contributed by atoms with Gasteiger partial charge in [-0.25, -0.2) is 27.3 Å². The van der Waals surface area contributed by atoms with E-state index in [9.17, 15) is 17.2 Å². The van der Waals surface area contributed by atoms with Crippen molar-refractivity contribution >= 4 is 15.8 Å². The molecule has 1 heterocycles. The molecule has 0 saturated carbocycles. The first-order valence-electron chi connectivity index (χ1n) is 3.38. The predicted molar refractivity (Wildman–Crippen MR) is 45.0 cm³/mol. The summed E-state index contributed by atoms with van der Waals surface area (Å²) < 4.78 is 46.3. The number of hydrogen-bond donors (Lipinski definition) is 2. The van der Waals surface area contributed by atoms with E-state index in [4.69, 9.17) is 10.9 Å². The zero-order chi connectivity index (χ0) is 10.9. The Balaban J connectivity index is 3.46. The molecule has 5 nitrogen and oxygen atoms in total. The van der Waals surface area contributed by atoms with Crippen molar-refractivity contribution in [2.45, 2.75) is 11.3 Å². The summed E-state index contributed by atoms with van der Waals surface area (Å²) in [6, 6.07) is 0.802. The van der Waals surface area contributed by atoms with Crippen LogP contribution in [0.25, 0.3) is 0 Å². The van der Waals surface area contributed by atoms with Gasteiger partial charge in [0.25, 0.3) is 6.43 Å². The molecule has 1 aromatic rings. The molecule has 0 aliphatic heterocycles. The van der Waals surface area contributed by atoms with Crippen molar-refractivity contribution in [3.8, 4) is 0 Å². The maximum absolute atomic E-state index is 12.3. The van der Waals surface area contributed by atoms with Crippen LogP contribution in [0.15, 0.2) is 17.2 Å². The van der Waals surface area contributed by atoms with Crippen molar-refractivity contribution in [3.63, 3.8) is 0 Å². The third-order valence-corrected chi connectivity index (χ3v) is 2.42. The Kier molecular flexibility index (Phi) is 2.67. The molecule has 4 N–H and O–H groups in total. The van der Waals surface area contributed by atoms with E-state index in [0.717, 1.165) is 6.07 Å². The minimum Gasteiger partial charge on any atom is -0.384 e. The van der Waals surface area contributed by atoms with Crippen molar-refractivity contribution in [2.24, 2.45) is 5.14 Å². The van der Waals surface area contributed by atoms with E-state index in [0.29, 0.717) is 6.20 Å². The van der Waals surface area contributed by atoms with Gasteiger partial charge >= 0.3 is 0 Å². The lowest BCUT2D eigenvalue weighted by Crippen LogP contribution is -2.15. The lowest BCUT2D eigenvalue weighted by molar-refractivity contribution is 0.147. The van der Waals surface area contributed by atoms with Crippen LogP contribution in [0.2, 0.25) is 0 Å². The molecule has 0 atom stereocenters. The van der Waals surface area contributed by atoms with Gasteiger partial charge in [0.15, 0.2) is 0 Å². The molecule has 0 bridgehead atoms. The largest absolute Gasteiger partial charge is 0.384 e. The van der Waals surface area contributed by atoms with Crippen LogP contribution in [0, 0.1) is 0 Å². The fourth-order valence-electron chi connectivity index (χ4n) is 0.873. The van der Waals surface area contributed by atoms with Gasteiger partial charge in [0.1, 0.15) is 5.82 Å². The first-order chi connectivity index (χ1) is 6.32. The number of rotatable bonds is 2. The van der Waals surface area contributed by atoms with Crippen molar-refractivity contribution in [1.82, 2.24) is 4.98 Å². The lowest BCUT2D eigenvalue weighted by Gasteiger charge is -2.06. The van der Waals surface area contributed by atoms with Crippen LogP contribution in [-0.2, 0) is 10.0 Å². The van der Waals surface area contributed by atoms with Gasteiger partial charge in [0, 0.05) is 12.3 Å². The topological polar surface area (TPSA) is 99.1 Å². The van der Waals surface area contributed by atoms with Crippen LogP contribution < -0.4 is 10.9 Å². The molecule has 78 valence electrons. The average molecular weight is 223 g/mol. The molecule has 0 aliphatic rings. The van der Waals surface area contributed by atoms with Gasteiger partial charge in [-0.05, 0) is 0 Å². The van der Waals surface area contributed by atoms with E-state index in [1.165, 1.54) is 0 Å². The summed E-state index contributed by atoms with van der Waals surface area (Å²) in [6.07, 6.45) is -2.27. The molecule has 0 aliphatic carbocycles. The predicted octanol–water partition coefficient (Wildman–Crippen LogP) is 0.249. The van der Waals surface area contributed by atoms with E-state index in [-0.39, 0.29) is 5.82 Å². The Morgan fingerprint density at radius 2 is 2.00 bits per heavy atom. The molecular formula is C6H7F2N3O2S. The maximum Gasteiger partial charge on any atom is 0.266 e. The van der Waals surface area contributed by atoms with Crippen LogP contribution in [0.1, 0.15) is 12.0 Å². The van der Waals surface area contributed by atoms with E-state index in [2.05, 4.69) is 4.98 Å². The van der Waals surface area contributed by atoms with Gasteiger partial charge in [0.2, 0.25) is 10.0 Å². The number of nitrogens with zero attached hydrogens (tertiary/aromatic N) is 1. The third kappa shape index (κ3) is 2.15. The molecule has 0 spiro atoms. The number of nitrogen functional groups attached to an aromatic ring is 1. The zero-order valence-electron chi connectivity index (χ0n) is 6.81. The average Bonchev–Trinajstić information content (AvgIpc) is 2.01. The quantitative estimate of drug-likeness (QED) is 0.750. The van der Waals surface area contributed by atoms with Gasteiger partial charge in [-0.15, -0.1) is 0 Å². The molecule has 0 saturated heterocycles. The number of anilines is 1. The standard InChI is InChI=1S/C6H7F2N3O2S/c7-6(8)3-2-11-5(9)1-4(3)14(10,12)13/h1-2,6H,(H2,9,11)(H2,10,12,13). The number of nitrogens with two attached hydrogens (primary N) is 2. The van der Waals surface area contributed by atoms with Gasteiger partial charge in [-0.1, -0.05) is 0 Å². The summed E-state index contributed by atoms with van der Waals surface area (Å²) in [7, 11) is -4.20. The highest BCUT2D eigenvalue weighted by Gasteiger charge is 2.21. The number of aromatic nitrogens is 1. The molecule has 0 radical (unpaired) electrons. The number of sulfonamides is 1. The summed E-state index contributed by atoms with van der Waals surface area (Å²) >= 11 is 0. The molecule has 1 aromatic heterocycles. The van der Waals surface area contributed by atoms with E-state index in [1.807, 2.05) is 0 Å². The fourth-order valence-corrected chi connectivity index (χ4v) is 1.63. The number of primary sulfonamides is 1. The second-order valence-corrected chi connectivity index (χ2v) is 4.02. The van der Waals surface area contributed by atoms with E-state index in [1.54, 1.807) is 0 Å². The Morgan fingerprint density at radius 3 is 2.43 bits per heavy atom. The minimum absolute atomic E-state index is 0.182. The Morgan fingerprint density at radius 1 is 1.43 bits per heavy atom. The number of hydrogen-bond acceptors (Lipinski definition) is 4. The highest BCUT2D eigenvalue weighted by atomic mass is 32.2. The number of halogens is 2. The van der Waals surface area contributed by atoms with Gasteiger partial charge in [-0.2, -0.15) is 0 Å². The Bertz CT molecular complexity index is 446. The summed E-state index contributed by atoms with van der Waals surface area (Å²) in [5, 5.41) is 4.72. The Labute approximate surface area is 78.8 Å². The summed E-state index contributed by atoms with van der Waals surface area (Å²) in [6.45, 7) is 0. The maximum atomic E-state index is 12.3. The smallest absolute Gasteiger partial charge is 0.266 e. The second kappa shape index (κ2) is 3.46. The van der Waals surface area contributed by atoms with E-state index < -0.39 is 26.9 Å². The normalized spacial score (nSPS) is 12.0. The van der Waals surface area contributed by atoms with Crippen molar-refractivity contribution in [1.29, 1.82) is 0 Å². The Hall–Kier alpha value is -1.28. The van der Waals surface area contributed by atoms with Crippen LogP contribution in [0.3, 0.4) is 0 Å². The fraction of sp³-hybridized carbons (Fsp3) is 0.167. The molecule has 0 aromatic carbocycles. The monoisotopic (exact) mass is 223 g/mol. The number of pyridine rings is 1. The summed E-state index contributed by atoms with van der Waals surface area (Å²) in [5.74, 6) is -0.182. The molecule has 0 fully saturated rings. The highest BCUT2D eigenvalue weighted by Crippen LogP contribution is 2.25. The summed E-state index contributed by atoms with van der Waals surface area (Å²) in [5.41, 5.74) is 4.40. The van der Waals surface area contributed by atoms with Crippen molar-refractivity contribution in [2.75, 3.05) is 5.73 Å². The molecule has 0 unspecified atom stereocenters. The molecule has 1 rings (SSSR count). The van der Waals surface area contributed by atoms with Crippen LogP contribution in [-0.4, -0.2) is 13.4 Å². The van der Waals surface area contributed by atoms with Crippen LogP contribution in [0.4, 0.5) is 14.6 Å². The van der Waals surface area contributed by atoms with Gasteiger partial charge in [-0.3, -0.25) is 0 Å². The second-order valence-electron chi connectivity index (χ2n) is 2.49. The van der Waals surface area contributed by atoms with Gasteiger partial charge in [0.05, 0.1) is 10.5 Å². The summed E-state index contributed by atoms with van der Waals surface area (Å²) in [4.78, 5) is 2.66. The molecule has 0 amide bonds. The number of alkyl halides is 2. The molecule has 14 heavy (non-hydrogen) atoms. The zero-order valence-corrected chi connectivity index (χ0v) is 7.63. The highest BCUT2D eigenvalue weighted by molar-refractivity contribution is 7.89. The van der Waals surface area contributed by atoms with Crippen molar-refractivity contribution in [3.05, 3.63) is 17.8 Å². The first-order valence-corrected chi connectivity index (χ1v) is 4.93. The molecular weight excluding hydrogens is 216 g/mol. The first kappa shape index (κ1) is 10.8.